The number of amides is 2. The predicted molar refractivity (Wildman–Crippen MR) is 71.2 cm³/mol. The van der Waals surface area contributed by atoms with Crippen LogP contribution in [-0.4, -0.2) is 57.8 Å². The minimum atomic E-state index is -1.08. The summed E-state index contributed by atoms with van der Waals surface area (Å²) in [6, 6.07) is 0. The zero-order valence-electron chi connectivity index (χ0n) is 11.9. The molecule has 1 aliphatic heterocycles. The van der Waals surface area contributed by atoms with E-state index in [9.17, 15) is 9.59 Å². The molecular formula is C12H21N3O5. The average molecular weight is 287 g/mol. The highest BCUT2D eigenvalue weighted by atomic mass is 16.6. The number of carbonyl (C=O) groups excluding carboxylic acids is 1. The van der Waals surface area contributed by atoms with Crippen LogP contribution >= 0.6 is 0 Å². The largest absolute Gasteiger partial charge is 0.465 e. The van der Waals surface area contributed by atoms with Gasteiger partial charge in [0.2, 0.25) is 0 Å². The zero-order valence-corrected chi connectivity index (χ0v) is 11.9. The number of hydrogen-bond donors (Lipinski definition) is 3. The van der Waals surface area contributed by atoms with Gasteiger partial charge in [-0.2, -0.15) is 0 Å². The van der Waals surface area contributed by atoms with E-state index in [1.807, 2.05) is 0 Å². The molecule has 1 unspecified atom stereocenters. The van der Waals surface area contributed by atoms with Crippen molar-refractivity contribution in [3.05, 3.63) is 0 Å². The van der Waals surface area contributed by atoms with Gasteiger partial charge in [-0.15, -0.1) is 0 Å². The van der Waals surface area contributed by atoms with Crippen LogP contribution in [0.15, 0.2) is 5.16 Å². The normalized spacial score (nSPS) is 23.6. The van der Waals surface area contributed by atoms with Crippen LogP contribution in [-0.2, 0) is 4.74 Å². The first-order chi connectivity index (χ1) is 9.17. The van der Waals surface area contributed by atoms with Gasteiger partial charge in [-0.1, -0.05) is 5.16 Å². The quantitative estimate of drug-likeness (QED) is 0.404. The lowest BCUT2D eigenvalue weighted by atomic mass is 9.90. The second-order valence-corrected chi connectivity index (χ2v) is 5.84. The molecule has 0 spiro atoms. The minimum absolute atomic E-state index is 0.0195. The minimum Gasteiger partial charge on any atom is -0.465 e. The Bertz CT molecular complexity index is 404. The van der Waals surface area contributed by atoms with Gasteiger partial charge in [-0.3, -0.25) is 0 Å². The molecule has 20 heavy (non-hydrogen) atoms. The first-order valence-electron chi connectivity index (χ1n) is 6.35. The molecule has 0 aromatic carbocycles. The Morgan fingerprint density at radius 3 is 2.60 bits per heavy atom. The molecule has 1 aliphatic rings. The van der Waals surface area contributed by atoms with Crippen LogP contribution in [0.2, 0.25) is 0 Å². The summed E-state index contributed by atoms with van der Waals surface area (Å²) in [7, 11) is 0. The summed E-state index contributed by atoms with van der Waals surface area (Å²) in [5.41, 5.74) is -1.71. The number of carbonyl (C=O) groups is 2. The zero-order chi connectivity index (χ0) is 15.4. The van der Waals surface area contributed by atoms with E-state index >= 15 is 0 Å². The number of oxime groups is 1. The number of carboxylic acid groups (broad SMARTS) is 1. The van der Waals surface area contributed by atoms with Crippen molar-refractivity contribution < 1.29 is 24.6 Å². The summed E-state index contributed by atoms with van der Waals surface area (Å²) in [6.45, 7) is 5.58. The van der Waals surface area contributed by atoms with E-state index in [-0.39, 0.29) is 6.54 Å². The topological polar surface area (TPSA) is 111 Å². The summed E-state index contributed by atoms with van der Waals surface area (Å²) >= 11 is 0. The molecule has 2 amide bonds. The van der Waals surface area contributed by atoms with E-state index < -0.39 is 23.3 Å². The van der Waals surface area contributed by atoms with E-state index in [0.717, 1.165) is 6.21 Å². The summed E-state index contributed by atoms with van der Waals surface area (Å²) in [5.74, 6) is 0. The smallest absolute Gasteiger partial charge is 0.408 e. The van der Waals surface area contributed by atoms with Crippen LogP contribution in [0.25, 0.3) is 0 Å². The number of alkyl carbamates (subject to hydrolysis) is 1. The third-order valence-corrected chi connectivity index (χ3v) is 2.85. The predicted octanol–water partition coefficient (Wildman–Crippen LogP) is 1.48. The number of hydrogen-bond acceptors (Lipinski definition) is 5. The number of piperidine rings is 1. The Morgan fingerprint density at radius 1 is 1.45 bits per heavy atom. The Labute approximate surface area is 117 Å². The van der Waals surface area contributed by atoms with Crippen molar-refractivity contribution in [3.8, 4) is 0 Å². The van der Waals surface area contributed by atoms with E-state index in [1.54, 1.807) is 20.8 Å². The molecule has 0 bridgehead atoms. The van der Waals surface area contributed by atoms with Crippen molar-refractivity contribution in [2.24, 2.45) is 5.16 Å². The average Bonchev–Trinajstić information content (AvgIpc) is 2.26. The van der Waals surface area contributed by atoms with Crippen LogP contribution in [0, 0.1) is 0 Å². The Morgan fingerprint density at radius 2 is 2.10 bits per heavy atom. The lowest BCUT2D eigenvalue weighted by Crippen LogP contribution is -2.61. The molecule has 0 aromatic heterocycles. The van der Waals surface area contributed by atoms with Gasteiger partial charge in [0.1, 0.15) is 5.60 Å². The van der Waals surface area contributed by atoms with Crippen molar-refractivity contribution in [1.82, 2.24) is 10.2 Å². The SMILES string of the molecule is CC(C)(C)OC(=O)NC1(/C=N/O)CCCN(C(=O)O)C1. The second-order valence-electron chi connectivity index (χ2n) is 5.84. The van der Waals surface area contributed by atoms with Gasteiger partial charge in [0.05, 0.1) is 18.3 Å². The molecule has 1 fully saturated rings. The maximum atomic E-state index is 11.8. The van der Waals surface area contributed by atoms with Crippen molar-refractivity contribution in [3.63, 3.8) is 0 Å². The van der Waals surface area contributed by atoms with E-state index in [2.05, 4.69) is 10.5 Å². The van der Waals surface area contributed by atoms with Gasteiger partial charge < -0.3 is 25.3 Å². The number of rotatable bonds is 2. The van der Waals surface area contributed by atoms with Gasteiger partial charge in [-0.25, -0.2) is 9.59 Å². The lowest BCUT2D eigenvalue weighted by molar-refractivity contribution is 0.0434. The molecule has 8 heteroatoms. The molecule has 114 valence electrons. The van der Waals surface area contributed by atoms with Crippen molar-refractivity contribution >= 4 is 18.4 Å². The standard InChI is InChI=1S/C12H21N3O5/c1-11(2,3)20-9(16)14-12(7-13-19)5-4-6-15(8-12)10(17)18/h7,19H,4-6,8H2,1-3H3,(H,14,16)(H,17,18)/b13-7+. The number of nitrogens with zero attached hydrogens (tertiary/aromatic N) is 2. The summed E-state index contributed by atoms with van der Waals surface area (Å²) in [6.07, 6.45) is 0.413. The lowest BCUT2D eigenvalue weighted by Gasteiger charge is -2.39. The number of likely N-dealkylation sites (tertiary alicyclic amines) is 1. The molecule has 0 saturated carbocycles. The molecule has 3 N–H and O–H groups in total. The van der Waals surface area contributed by atoms with Crippen LogP contribution in [0.5, 0.6) is 0 Å². The fourth-order valence-corrected chi connectivity index (χ4v) is 2.10. The molecule has 8 nitrogen and oxygen atoms in total. The van der Waals surface area contributed by atoms with Crippen LogP contribution < -0.4 is 5.32 Å². The fraction of sp³-hybridized carbons (Fsp3) is 0.750. The Balaban J connectivity index is 2.81. The maximum Gasteiger partial charge on any atom is 0.408 e. The first kappa shape index (κ1) is 16.1. The highest BCUT2D eigenvalue weighted by Crippen LogP contribution is 2.21. The van der Waals surface area contributed by atoms with E-state index in [0.29, 0.717) is 19.4 Å². The van der Waals surface area contributed by atoms with E-state index in [4.69, 9.17) is 15.1 Å². The molecule has 1 saturated heterocycles. The summed E-state index contributed by atoms with van der Waals surface area (Å²) in [4.78, 5) is 24.0. The second kappa shape index (κ2) is 5.98. The molecular weight excluding hydrogens is 266 g/mol. The third-order valence-electron chi connectivity index (χ3n) is 2.85. The van der Waals surface area contributed by atoms with Crippen molar-refractivity contribution in [1.29, 1.82) is 0 Å². The maximum absolute atomic E-state index is 11.8. The molecule has 0 aromatic rings. The molecule has 0 radical (unpaired) electrons. The number of nitrogens with one attached hydrogen (secondary N) is 1. The molecule has 0 aliphatic carbocycles. The highest BCUT2D eigenvalue weighted by Gasteiger charge is 2.38. The van der Waals surface area contributed by atoms with Crippen molar-refractivity contribution in [2.45, 2.75) is 44.8 Å². The van der Waals surface area contributed by atoms with Gasteiger partial charge in [0.25, 0.3) is 0 Å². The molecule has 1 atom stereocenters. The van der Waals surface area contributed by atoms with Gasteiger partial charge in [0.15, 0.2) is 0 Å². The van der Waals surface area contributed by atoms with E-state index in [1.165, 1.54) is 4.90 Å². The van der Waals surface area contributed by atoms with Crippen LogP contribution in [0.4, 0.5) is 9.59 Å². The Hall–Kier alpha value is -1.99. The van der Waals surface area contributed by atoms with Gasteiger partial charge in [0, 0.05) is 6.54 Å². The fourth-order valence-electron chi connectivity index (χ4n) is 2.10. The third kappa shape index (κ3) is 4.60. The Kier molecular flexibility index (Phi) is 4.80. The number of ether oxygens (including phenoxy) is 1. The monoisotopic (exact) mass is 287 g/mol. The van der Waals surface area contributed by atoms with Crippen molar-refractivity contribution in [2.75, 3.05) is 13.1 Å². The summed E-state index contributed by atoms with van der Waals surface area (Å²) < 4.78 is 5.15. The highest BCUT2D eigenvalue weighted by molar-refractivity contribution is 5.80. The first-order valence-corrected chi connectivity index (χ1v) is 6.35. The molecule has 1 rings (SSSR count). The molecule has 1 heterocycles. The van der Waals surface area contributed by atoms with Crippen LogP contribution in [0.3, 0.4) is 0 Å². The summed E-state index contributed by atoms with van der Waals surface area (Å²) in [5, 5.41) is 23.4. The van der Waals surface area contributed by atoms with Crippen LogP contribution in [0.1, 0.15) is 33.6 Å². The van der Waals surface area contributed by atoms with Gasteiger partial charge >= 0.3 is 12.2 Å². The van der Waals surface area contributed by atoms with Gasteiger partial charge in [-0.05, 0) is 33.6 Å².